The van der Waals surface area contributed by atoms with Gasteiger partial charge in [-0.2, -0.15) is 0 Å². The first-order valence-electron chi connectivity index (χ1n) is 6.76. The zero-order valence-electron chi connectivity index (χ0n) is 12.0. The van der Waals surface area contributed by atoms with Crippen LogP contribution >= 0.6 is 11.6 Å². The van der Waals surface area contributed by atoms with E-state index in [1.807, 2.05) is 37.3 Å². The average Bonchev–Trinajstić information content (AvgIpc) is 2.54. The van der Waals surface area contributed by atoms with Crippen LogP contribution < -0.4 is 4.90 Å². The van der Waals surface area contributed by atoms with Gasteiger partial charge in [-0.05, 0) is 31.2 Å². The molecular weight excluding hydrogens is 304 g/mol. The lowest BCUT2D eigenvalue weighted by Gasteiger charge is -2.20. The standard InChI is InChI=1S/C16H15ClN2O3/c1-2-19(13-6-4-3-5-7-13)15(20)11-22-16(21)12-8-9-18-14(17)10-12/h3-10H,2,11H2,1H3. The first-order chi connectivity index (χ1) is 10.6. The summed E-state index contributed by atoms with van der Waals surface area (Å²) in [5, 5.41) is 0.195. The summed E-state index contributed by atoms with van der Waals surface area (Å²) in [6.45, 7) is 2.01. The molecule has 0 unspecified atom stereocenters. The minimum absolute atomic E-state index is 0.195. The summed E-state index contributed by atoms with van der Waals surface area (Å²) >= 11 is 5.71. The summed E-state index contributed by atoms with van der Waals surface area (Å²) in [7, 11) is 0. The number of rotatable bonds is 5. The van der Waals surface area contributed by atoms with Gasteiger partial charge >= 0.3 is 5.97 Å². The molecule has 1 heterocycles. The van der Waals surface area contributed by atoms with E-state index in [1.165, 1.54) is 18.3 Å². The summed E-state index contributed by atoms with van der Waals surface area (Å²) in [6, 6.07) is 12.1. The average molecular weight is 319 g/mol. The molecule has 0 saturated carbocycles. The van der Waals surface area contributed by atoms with Crippen LogP contribution in [0, 0.1) is 0 Å². The number of para-hydroxylation sites is 1. The van der Waals surface area contributed by atoms with E-state index in [2.05, 4.69) is 4.98 Å². The van der Waals surface area contributed by atoms with Crippen molar-refractivity contribution in [1.29, 1.82) is 0 Å². The fraction of sp³-hybridized carbons (Fsp3) is 0.188. The van der Waals surface area contributed by atoms with Gasteiger partial charge in [0.25, 0.3) is 5.91 Å². The van der Waals surface area contributed by atoms with E-state index in [4.69, 9.17) is 16.3 Å². The Morgan fingerprint density at radius 2 is 1.95 bits per heavy atom. The number of aromatic nitrogens is 1. The van der Waals surface area contributed by atoms with Crippen molar-refractivity contribution in [2.24, 2.45) is 0 Å². The van der Waals surface area contributed by atoms with E-state index in [0.29, 0.717) is 6.54 Å². The Kier molecular flexibility index (Phi) is 5.49. The number of hydrogen-bond acceptors (Lipinski definition) is 4. The quantitative estimate of drug-likeness (QED) is 0.628. The second kappa shape index (κ2) is 7.56. The van der Waals surface area contributed by atoms with Crippen molar-refractivity contribution in [3.63, 3.8) is 0 Å². The molecule has 0 radical (unpaired) electrons. The highest BCUT2D eigenvalue weighted by Gasteiger charge is 2.16. The third-order valence-electron chi connectivity index (χ3n) is 2.97. The number of carbonyl (C=O) groups excluding carboxylic acids is 2. The Balaban J connectivity index is 1.98. The largest absolute Gasteiger partial charge is 0.452 e. The molecule has 114 valence electrons. The summed E-state index contributed by atoms with van der Waals surface area (Å²) in [6.07, 6.45) is 1.41. The predicted molar refractivity (Wildman–Crippen MR) is 84.0 cm³/mol. The highest BCUT2D eigenvalue weighted by molar-refractivity contribution is 6.29. The summed E-state index contributed by atoms with van der Waals surface area (Å²) < 4.78 is 5.03. The number of carbonyl (C=O) groups is 2. The highest BCUT2D eigenvalue weighted by Crippen LogP contribution is 2.13. The molecule has 0 atom stereocenters. The maximum absolute atomic E-state index is 12.2. The molecule has 0 fully saturated rings. The predicted octanol–water partition coefficient (Wildman–Crippen LogP) is 2.94. The van der Waals surface area contributed by atoms with Crippen molar-refractivity contribution in [2.45, 2.75) is 6.92 Å². The summed E-state index contributed by atoms with van der Waals surface area (Å²) in [5.74, 6) is -0.899. The molecule has 0 bridgehead atoms. The third-order valence-corrected chi connectivity index (χ3v) is 3.18. The molecule has 0 spiro atoms. The van der Waals surface area contributed by atoms with Gasteiger partial charge < -0.3 is 9.64 Å². The number of benzene rings is 1. The summed E-state index contributed by atoms with van der Waals surface area (Å²) in [5.41, 5.74) is 1.02. The monoisotopic (exact) mass is 318 g/mol. The number of halogens is 1. The van der Waals surface area contributed by atoms with Gasteiger partial charge in [0.1, 0.15) is 5.15 Å². The number of ether oxygens (including phenoxy) is 1. The lowest BCUT2D eigenvalue weighted by atomic mass is 10.3. The van der Waals surface area contributed by atoms with E-state index in [1.54, 1.807) is 4.90 Å². The van der Waals surface area contributed by atoms with Gasteiger partial charge in [-0.15, -0.1) is 0 Å². The Labute approximate surface area is 133 Å². The Hall–Kier alpha value is -2.40. The number of likely N-dealkylation sites (N-methyl/N-ethyl adjacent to an activating group) is 1. The first kappa shape index (κ1) is 16.0. The number of nitrogens with zero attached hydrogens (tertiary/aromatic N) is 2. The second-order valence-electron chi connectivity index (χ2n) is 4.42. The van der Waals surface area contributed by atoms with Crippen molar-refractivity contribution in [1.82, 2.24) is 4.98 Å². The Bertz CT molecular complexity index is 661. The van der Waals surface area contributed by atoms with E-state index >= 15 is 0 Å². The van der Waals surface area contributed by atoms with Crippen LogP contribution in [0.25, 0.3) is 0 Å². The molecule has 1 aromatic heterocycles. The van der Waals surface area contributed by atoms with Crippen molar-refractivity contribution in [2.75, 3.05) is 18.1 Å². The van der Waals surface area contributed by atoms with Crippen molar-refractivity contribution >= 4 is 29.2 Å². The third kappa shape index (κ3) is 4.05. The van der Waals surface area contributed by atoms with Gasteiger partial charge in [-0.25, -0.2) is 9.78 Å². The fourth-order valence-electron chi connectivity index (χ4n) is 1.93. The fourth-order valence-corrected chi connectivity index (χ4v) is 2.10. The first-order valence-corrected chi connectivity index (χ1v) is 7.13. The smallest absolute Gasteiger partial charge is 0.338 e. The van der Waals surface area contributed by atoms with Gasteiger partial charge in [0.2, 0.25) is 0 Å². The molecule has 5 nitrogen and oxygen atoms in total. The van der Waals surface area contributed by atoms with E-state index in [-0.39, 0.29) is 23.2 Å². The lowest BCUT2D eigenvalue weighted by molar-refractivity contribution is -0.121. The molecule has 0 saturated heterocycles. The number of pyridine rings is 1. The van der Waals surface area contributed by atoms with Crippen LogP contribution in [0.15, 0.2) is 48.7 Å². The number of hydrogen-bond donors (Lipinski definition) is 0. The lowest BCUT2D eigenvalue weighted by Crippen LogP contribution is -2.34. The highest BCUT2D eigenvalue weighted by atomic mass is 35.5. The Morgan fingerprint density at radius 3 is 2.59 bits per heavy atom. The Morgan fingerprint density at radius 1 is 1.23 bits per heavy atom. The minimum atomic E-state index is -0.609. The van der Waals surface area contributed by atoms with Gasteiger partial charge in [0, 0.05) is 18.4 Å². The van der Waals surface area contributed by atoms with Crippen LogP contribution in [0.2, 0.25) is 5.15 Å². The van der Waals surface area contributed by atoms with Crippen LogP contribution in [0.5, 0.6) is 0 Å². The normalized spacial score (nSPS) is 10.1. The zero-order valence-corrected chi connectivity index (χ0v) is 12.8. The van der Waals surface area contributed by atoms with Crippen molar-refractivity contribution in [3.05, 3.63) is 59.4 Å². The van der Waals surface area contributed by atoms with E-state index < -0.39 is 5.97 Å². The molecule has 6 heteroatoms. The van der Waals surface area contributed by atoms with Crippen molar-refractivity contribution in [3.8, 4) is 0 Å². The molecular formula is C16H15ClN2O3. The zero-order chi connectivity index (χ0) is 15.9. The number of amides is 1. The molecule has 2 aromatic rings. The van der Waals surface area contributed by atoms with Gasteiger partial charge in [0.05, 0.1) is 5.56 Å². The van der Waals surface area contributed by atoms with E-state index in [9.17, 15) is 9.59 Å². The molecule has 22 heavy (non-hydrogen) atoms. The minimum Gasteiger partial charge on any atom is -0.452 e. The van der Waals surface area contributed by atoms with Gasteiger partial charge in [-0.1, -0.05) is 29.8 Å². The van der Waals surface area contributed by atoms with Gasteiger partial charge in [-0.3, -0.25) is 4.79 Å². The van der Waals surface area contributed by atoms with Crippen LogP contribution in [0.1, 0.15) is 17.3 Å². The van der Waals surface area contributed by atoms with Crippen LogP contribution in [0.4, 0.5) is 5.69 Å². The number of esters is 1. The molecule has 0 aliphatic heterocycles. The molecule has 0 aliphatic carbocycles. The summed E-state index contributed by atoms with van der Waals surface area (Å²) in [4.78, 5) is 29.4. The van der Waals surface area contributed by atoms with Gasteiger partial charge in [0.15, 0.2) is 6.61 Å². The topological polar surface area (TPSA) is 59.5 Å². The van der Waals surface area contributed by atoms with Crippen LogP contribution in [-0.4, -0.2) is 30.0 Å². The van der Waals surface area contributed by atoms with Crippen LogP contribution in [-0.2, 0) is 9.53 Å². The second-order valence-corrected chi connectivity index (χ2v) is 4.80. The SMILES string of the molecule is CCN(C(=O)COC(=O)c1ccnc(Cl)c1)c1ccccc1. The molecule has 0 N–H and O–H groups in total. The number of anilines is 1. The van der Waals surface area contributed by atoms with Crippen molar-refractivity contribution < 1.29 is 14.3 Å². The molecule has 0 aliphatic rings. The van der Waals surface area contributed by atoms with Crippen LogP contribution in [0.3, 0.4) is 0 Å². The maximum Gasteiger partial charge on any atom is 0.338 e. The van der Waals surface area contributed by atoms with E-state index in [0.717, 1.165) is 5.69 Å². The maximum atomic E-state index is 12.2. The molecule has 1 amide bonds. The molecule has 1 aromatic carbocycles. The molecule has 2 rings (SSSR count).